The number of rotatable bonds is 7. The molecule has 1 aromatic heterocycles. The average molecular weight is 369 g/mol. The molecule has 2 rings (SSSR count). The molecule has 0 bridgehead atoms. The predicted octanol–water partition coefficient (Wildman–Crippen LogP) is 2.19. The van der Waals surface area contributed by atoms with Crippen LogP contribution in [0.25, 0.3) is 11.0 Å². The number of amides is 1. The lowest BCUT2D eigenvalue weighted by molar-refractivity contribution is -0.121. The van der Waals surface area contributed by atoms with E-state index in [-0.39, 0.29) is 30.8 Å². The summed E-state index contributed by atoms with van der Waals surface area (Å²) in [6.45, 7) is 4.42. The number of methoxy groups -OCH3 is 1. The lowest BCUT2D eigenvalue weighted by atomic mass is 10.0. The highest BCUT2D eigenvalue weighted by Crippen LogP contribution is 2.24. The highest BCUT2D eigenvalue weighted by molar-refractivity contribution is 5.85. The van der Waals surface area contributed by atoms with Crippen LogP contribution in [0.2, 0.25) is 0 Å². The molecule has 1 atom stereocenters. The normalized spacial score (nSPS) is 11.7. The van der Waals surface area contributed by atoms with Crippen LogP contribution in [0.15, 0.2) is 27.4 Å². The molecule has 7 heteroatoms. The van der Waals surface area contributed by atoms with E-state index >= 15 is 0 Å². The van der Waals surface area contributed by atoms with Crippen LogP contribution >= 0.6 is 12.4 Å². The first-order chi connectivity index (χ1) is 11.5. The minimum atomic E-state index is -0.398. The first-order valence-corrected chi connectivity index (χ1v) is 8.00. The zero-order chi connectivity index (χ0) is 17.7. The van der Waals surface area contributed by atoms with E-state index in [0.29, 0.717) is 29.9 Å². The Kier molecular flexibility index (Phi) is 7.93. The number of hydrogen-bond acceptors (Lipinski definition) is 5. The number of halogens is 1. The van der Waals surface area contributed by atoms with Crippen LogP contribution in [0.4, 0.5) is 0 Å². The predicted molar refractivity (Wildman–Crippen MR) is 101 cm³/mol. The highest BCUT2D eigenvalue weighted by Gasteiger charge is 2.14. The molecule has 1 heterocycles. The number of nitrogens with one attached hydrogen (secondary N) is 2. The third-order valence-electron chi connectivity index (χ3n) is 4.19. The van der Waals surface area contributed by atoms with Gasteiger partial charge in [0.2, 0.25) is 5.91 Å². The number of benzene rings is 1. The van der Waals surface area contributed by atoms with Gasteiger partial charge in [0.15, 0.2) is 0 Å². The van der Waals surface area contributed by atoms with Crippen LogP contribution in [0, 0.1) is 6.92 Å². The molecule has 0 spiro atoms. The van der Waals surface area contributed by atoms with Gasteiger partial charge in [0.1, 0.15) is 11.3 Å². The van der Waals surface area contributed by atoms with Gasteiger partial charge in [-0.05, 0) is 45.0 Å². The average Bonchev–Trinajstić information content (AvgIpc) is 2.58. The molecule has 0 aliphatic rings. The van der Waals surface area contributed by atoms with Crippen LogP contribution in [0.5, 0.6) is 5.75 Å². The number of aryl methyl sites for hydroxylation is 1. The van der Waals surface area contributed by atoms with Crippen molar-refractivity contribution in [2.24, 2.45) is 0 Å². The Labute approximate surface area is 153 Å². The Hall–Kier alpha value is -2.05. The maximum absolute atomic E-state index is 12.2. The molecule has 25 heavy (non-hydrogen) atoms. The SMILES string of the molecule is CNC(C)CNC(=O)CCc1c(C)c2ccc(OC)cc2oc1=O.Cl. The van der Waals surface area contributed by atoms with E-state index < -0.39 is 5.63 Å². The summed E-state index contributed by atoms with van der Waals surface area (Å²) in [6.07, 6.45) is 0.611. The first-order valence-electron chi connectivity index (χ1n) is 8.00. The number of carbonyl (C=O) groups excluding carboxylic acids is 1. The summed E-state index contributed by atoms with van der Waals surface area (Å²) >= 11 is 0. The topological polar surface area (TPSA) is 80.6 Å². The Bertz CT molecular complexity index is 788. The Morgan fingerprint density at radius 1 is 1.36 bits per heavy atom. The molecule has 138 valence electrons. The van der Waals surface area contributed by atoms with Crippen LogP contribution in [0.1, 0.15) is 24.5 Å². The van der Waals surface area contributed by atoms with Crippen molar-refractivity contribution in [1.82, 2.24) is 10.6 Å². The monoisotopic (exact) mass is 368 g/mol. The second-order valence-corrected chi connectivity index (χ2v) is 5.85. The highest BCUT2D eigenvalue weighted by atomic mass is 35.5. The van der Waals surface area contributed by atoms with Crippen molar-refractivity contribution in [1.29, 1.82) is 0 Å². The first kappa shape index (κ1) is 21.0. The molecule has 2 aromatic rings. The van der Waals surface area contributed by atoms with Crippen molar-refractivity contribution < 1.29 is 13.9 Å². The molecule has 1 amide bonds. The maximum Gasteiger partial charge on any atom is 0.339 e. The summed E-state index contributed by atoms with van der Waals surface area (Å²) in [7, 11) is 3.41. The van der Waals surface area contributed by atoms with Crippen LogP contribution in [-0.2, 0) is 11.2 Å². The summed E-state index contributed by atoms with van der Waals surface area (Å²) in [6, 6.07) is 5.59. The molecule has 0 aliphatic carbocycles. The molecule has 2 N–H and O–H groups in total. The smallest absolute Gasteiger partial charge is 0.339 e. The second-order valence-electron chi connectivity index (χ2n) is 5.85. The van der Waals surface area contributed by atoms with Gasteiger partial charge < -0.3 is 19.8 Å². The van der Waals surface area contributed by atoms with Gasteiger partial charge in [-0.15, -0.1) is 12.4 Å². The van der Waals surface area contributed by atoms with Gasteiger partial charge >= 0.3 is 5.63 Å². The molecule has 6 nitrogen and oxygen atoms in total. The summed E-state index contributed by atoms with van der Waals surface area (Å²) in [5, 5.41) is 6.75. The fraction of sp³-hybridized carbons (Fsp3) is 0.444. The number of likely N-dealkylation sites (N-methyl/N-ethyl adjacent to an activating group) is 1. The number of fused-ring (bicyclic) bond motifs is 1. The fourth-order valence-electron chi connectivity index (χ4n) is 2.49. The van der Waals surface area contributed by atoms with Gasteiger partial charge in [-0.3, -0.25) is 4.79 Å². The summed E-state index contributed by atoms with van der Waals surface area (Å²) in [4.78, 5) is 24.1. The molecular formula is C18H25ClN2O4. The zero-order valence-corrected chi connectivity index (χ0v) is 15.8. The number of ether oxygens (including phenoxy) is 1. The van der Waals surface area contributed by atoms with Gasteiger partial charge in [0.05, 0.1) is 7.11 Å². The molecule has 1 aromatic carbocycles. The number of carbonyl (C=O) groups is 1. The van der Waals surface area contributed by atoms with Crippen molar-refractivity contribution in [2.45, 2.75) is 32.7 Å². The Morgan fingerprint density at radius 2 is 2.08 bits per heavy atom. The molecular weight excluding hydrogens is 344 g/mol. The second kappa shape index (κ2) is 9.44. The van der Waals surface area contributed by atoms with E-state index in [0.717, 1.165) is 10.9 Å². The van der Waals surface area contributed by atoms with E-state index in [4.69, 9.17) is 9.15 Å². The standard InChI is InChI=1S/C18H24N2O4.ClH/c1-11(19-3)10-20-17(21)8-7-15-12(2)14-6-5-13(23-4)9-16(14)24-18(15)22;/h5-6,9,11,19H,7-8,10H2,1-4H3,(H,20,21);1H. The molecule has 0 saturated heterocycles. The van der Waals surface area contributed by atoms with Crippen LogP contribution in [0.3, 0.4) is 0 Å². The van der Waals surface area contributed by atoms with E-state index in [9.17, 15) is 9.59 Å². The van der Waals surface area contributed by atoms with Gasteiger partial charge in [0, 0.05) is 36.0 Å². The fourth-order valence-corrected chi connectivity index (χ4v) is 2.49. The summed E-state index contributed by atoms with van der Waals surface area (Å²) < 4.78 is 10.5. The van der Waals surface area contributed by atoms with E-state index in [1.54, 1.807) is 13.2 Å². The zero-order valence-electron chi connectivity index (χ0n) is 15.0. The third-order valence-corrected chi connectivity index (χ3v) is 4.19. The van der Waals surface area contributed by atoms with Crippen molar-refractivity contribution in [3.05, 3.63) is 39.7 Å². The van der Waals surface area contributed by atoms with Gasteiger partial charge in [-0.2, -0.15) is 0 Å². The lowest BCUT2D eigenvalue weighted by Gasteiger charge is -2.12. The Balaban J connectivity index is 0.00000312. The van der Waals surface area contributed by atoms with E-state index in [2.05, 4.69) is 10.6 Å². The third kappa shape index (κ3) is 5.21. The van der Waals surface area contributed by atoms with Gasteiger partial charge in [-0.1, -0.05) is 0 Å². The van der Waals surface area contributed by atoms with Crippen molar-refractivity contribution >= 4 is 29.3 Å². The summed E-state index contributed by atoms with van der Waals surface area (Å²) in [5.41, 5.74) is 1.49. The lowest BCUT2D eigenvalue weighted by Crippen LogP contribution is -2.37. The van der Waals surface area contributed by atoms with Crippen molar-refractivity contribution in [3.8, 4) is 5.75 Å². The molecule has 0 fully saturated rings. The van der Waals surface area contributed by atoms with Gasteiger partial charge in [0.25, 0.3) is 0 Å². The van der Waals surface area contributed by atoms with Crippen LogP contribution in [-0.4, -0.2) is 32.7 Å². The van der Waals surface area contributed by atoms with E-state index in [1.165, 1.54) is 0 Å². The Morgan fingerprint density at radius 3 is 2.72 bits per heavy atom. The molecule has 1 unspecified atom stereocenters. The minimum Gasteiger partial charge on any atom is -0.497 e. The quantitative estimate of drug-likeness (QED) is 0.732. The van der Waals surface area contributed by atoms with E-state index in [1.807, 2.05) is 33.0 Å². The van der Waals surface area contributed by atoms with Crippen molar-refractivity contribution in [3.63, 3.8) is 0 Å². The molecule has 0 aliphatic heterocycles. The largest absolute Gasteiger partial charge is 0.497 e. The maximum atomic E-state index is 12.2. The minimum absolute atomic E-state index is 0. The molecule has 0 saturated carbocycles. The summed E-state index contributed by atoms with van der Waals surface area (Å²) in [5.74, 6) is 0.557. The number of hydrogen-bond donors (Lipinski definition) is 2. The van der Waals surface area contributed by atoms with Gasteiger partial charge in [-0.25, -0.2) is 4.79 Å². The van der Waals surface area contributed by atoms with Crippen molar-refractivity contribution in [2.75, 3.05) is 20.7 Å². The van der Waals surface area contributed by atoms with Crippen LogP contribution < -0.4 is 21.0 Å². The molecule has 0 radical (unpaired) electrons.